The van der Waals surface area contributed by atoms with Crippen molar-refractivity contribution < 1.29 is 9.90 Å². The van der Waals surface area contributed by atoms with E-state index in [2.05, 4.69) is 13.8 Å². The summed E-state index contributed by atoms with van der Waals surface area (Å²) in [7, 11) is 0. The highest BCUT2D eigenvalue weighted by molar-refractivity contribution is 5.85. The smallest absolute Gasteiger partial charge is 0.352 e. The maximum Gasteiger partial charge on any atom is 0.352 e. The quantitative estimate of drug-likeness (QED) is 0.810. The zero-order chi connectivity index (χ0) is 11.1. The molecule has 0 saturated heterocycles. The van der Waals surface area contributed by atoms with Gasteiger partial charge in [0, 0.05) is 12.2 Å². The molecule has 1 heterocycles. The van der Waals surface area contributed by atoms with E-state index in [1.807, 2.05) is 16.8 Å². The second-order valence-corrected chi connectivity index (χ2v) is 5.17. The lowest BCUT2D eigenvalue weighted by molar-refractivity contribution is 0.0682. The number of hydrogen-bond acceptors (Lipinski definition) is 1. The van der Waals surface area contributed by atoms with E-state index in [0.717, 1.165) is 12.8 Å². The van der Waals surface area contributed by atoms with Crippen molar-refractivity contribution in [1.82, 2.24) is 4.57 Å². The lowest BCUT2D eigenvalue weighted by Gasteiger charge is -2.19. The van der Waals surface area contributed by atoms with Crippen molar-refractivity contribution in [2.45, 2.75) is 39.2 Å². The van der Waals surface area contributed by atoms with Crippen molar-refractivity contribution in [1.29, 1.82) is 0 Å². The van der Waals surface area contributed by atoms with Crippen molar-refractivity contribution >= 4 is 5.97 Å². The number of nitrogens with zero attached hydrogens (tertiary/aromatic N) is 1. The van der Waals surface area contributed by atoms with Gasteiger partial charge in [-0.05, 0) is 36.8 Å². The minimum absolute atomic E-state index is 0.352. The highest BCUT2D eigenvalue weighted by Crippen LogP contribution is 2.43. The largest absolute Gasteiger partial charge is 0.477 e. The topological polar surface area (TPSA) is 42.2 Å². The lowest BCUT2D eigenvalue weighted by atomic mass is 9.92. The molecule has 3 heteroatoms. The van der Waals surface area contributed by atoms with Crippen LogP contribution in [0.25, 0.3) is 0 Å². The fourth-order valence-corrected chi connectivity index (χ4v) is 2.53. The number of aromatic carboxylic acids is 1. The third-order valence-electron chi connectivity index (χ3n) is 3.33. The highest BCUT2D eigenvalue weighted by Gasteiger charge is 2.32. The molecule has 0 aromatic carbocycles. The highest BCUT2D eigenvalue weighted by atomic mass is 16.4. The average Bonchev–Trinajstić information content (AvgIpc) is 2.69. The van der Waals surface area contributed by atoms with Crippen LogP contribution in [0.4, 0.5) is 0 Å². The molecule has 1 aliphatic carbocycles. The van der Waals surface area contributed by atoms with E-state index in [9.17, 15) is 4.79 Å². The van der Waals surface area contributed by atoms with Gasteiger partial charge in [-0.15, -0.1) is 0 Å². The third-order valence-corrected chi connectivity index (χ3v) is 3.33. The van der Waals surface area contributed by atoms with E-state index in [1.165, 1.54) is 6.42 Å². The van der Waals surface area contributed by atoms with E-state index < -0.39 is 5.97 Å². The number of carbonyl (C=O) groups is 1. The van der Waals surface area contributed by atoms with E-state index in [0.29, 0.717) is 17.2 Å². The molecule has 82 valence electrons. The van der Waals surface area contributed by atoms with Gasteiger partial charge < -0.3 is 9.67 Å². The SMILES string of the molecule is CC1(C)CCC(n2cccc2C(=O)O)C1. The molecule has 15 heavy (non-hydrogen) atoms. The number of hydrogen-bond donors (Lipinski definition) is 1. The Morgan fingerprint density at radius 2 is 2.33 bits per heavy atom. The maximum atomic E-state index is 11.0. The molecule has 0 radical (unpaired) electrons. The van der Waals surface area contributed by atoms with Crippen molar-refractivity contribution in [3.8, 4) is 0 Å². The molecule has 1 aliphatic rings. The Morgan fingerprint density at radius 1 is 1.60 bits per heavy atom. The third kappa shape index (κ3) is 1.91. The summed E-state index contributed by atoms with van der Waals surface area (Å²) in [5, 5.41) is 9.02. The Bertz CT molecular complexity index is 379. The summed E-state index contributed by atoms with van der Waals surface area (Å²) in [6, 6.07) is 3.85. The van der Waals surface area contributed by atoms with Gasteiger partial charge in [-0.2, -0.15) is 0 Å². The molecule has 1 fully saturated rings. The van der Waals surface area contributed by atoms with Crippen molar-refractivity contribution in [3.05, 3.63) is 24.0 Å². The summed E-state index contributed by atoms with van der Waals surface area (Å²) in [5.41, 5.74) is 0.766. The Balaban J connectivity index is 2.24. The number of carboxylic acids is 1. The summed E-state index contributed by atoms with van der Waals surface area (Å²) >= 11 is 0. The van der Waals surface area contributed by atoms with Gasteiger partial charge in [-0.25, -0.2) is 4.79 Å². The minimum atomic E-state index is -0.829. The average molecular weight is 207 g/mol. The van der Waals surface area contributed by atoms with Crippen LogP contribution in [0.1, 0.15) is 49.6 Å². The molecule has 1 aromatic rings. The van der Waals surface area contributed by atoms with Crippen molar-refractivity contribution in [2.24, 2.45) is 5.41 Å². The van der Waals surface area contributed by atoms with Crippen LogP contribution in [0.3, 0.4) is 0 Å². The monoisotopic (exact) mass is 207 g/mol. The summed E-state index contributed by atoms with van der Waals surface area (Å²) in [4.78, 5) is 11.0. The van der Waals surface area contributed by atoms with Gasteiger partial charge in [0.2, 0.25) is 0 Å². The summed E-state index contributed by atoms with van der Waals surface area (Å²) in [5.74, 6) is -0.829. The van der Waals surface area contributed by atoms with Crippen LogP contribution in [-0.4, -0.2) is 15.6 Å². The van der Waals surface area contributed by atoms with Crippen molar-refractivity contribution in [2.75, 3.05) is 0 Å². The molecule has 2 rings (SSSR count). The Morgan fingerprint density at radius 3 is 2.87 bits per heavy atom. The van der Waals surface area contributed by atoms with Gasteiger partial charge in [-0.1, -0.05) is 13.8 Å². The Labute approximate surface area is 89.7 Å². The molecule has 0 aliphatic heterocycles. The predicted molar refractivity (Wildman–Crippen MR) is 58.1 cm³/mol. The molecular weight excluding hydrogens is 190 g/mol. The zero-order valence-corrected chi connectivity index (χ0v) is 9.23. The fraction of sp³-hybridized carbons (Fsp3) is 0.583. The Hall–Kier alpha value is -1.25. The first-order valence-electron chi connectivity index (χ1n) is 5.40. The summed E-state index contributed by atoms with van der Waals surface area (Å²) in [6.07, 6.45) is 5.22. The van der Waals surface area contributed by atoms with Crippen LogP contribution in [0, 0.1) is 5.41 Å². The van der Waals surface area contributed by atoms with Gasteiger partial charge in [0.25, 0.3) is 0 Å². The van der Waals surface area contributed by atoms with Crippen LogP contribution < -0.4 is 0 Å². The van der Waals surface area contributed by atoms with Gasteiger partial charge in [-0.3, -0.25) is 0 Å². The van der Waals surface area contributed by atoms with E-state index in [4.69, 9.17) is 5.11 Å². The van der Waals surface area contributed by atoms with Crippen LogP contribution in [0.5, 0.6) is 0 Å². The first-order valence-corrected chi connectivity index (χ1v) is 5.40. The number of carboxylic acid groups (broad SMARTS) is 1. The van der Waals surface area contributed by atoms with Crippen LogP contribution in [0.2, 0.25) is 0 Å². The normalized spacial score (nSPS) is 24.3. The fourth-order valence-electron chi connectivity index (χ4n) is 2.53. The second-order valence-electron chi connectivity index (χ2n) is 5.17. The molecule has 1 saturated carbocycles. The first kappa shape index (κ1) is 10.3. The summed E-state index contributed by atoms with van der Waals surface area (Å²) < 4.78 is 1.91. The molecule has 1 aromatic heterocycles. The molecule has 1 N–H and O–H groups in total. The number of aromatic nitrogens is 1. The lowest BCUT2D eigenvalue weighted by Crippen LogP contribution is -2.13. The second kappa shape index (κ2) is 3.40. The standard InChI is InChI=1S/C12H17NO2/c1-12(2)6-5-9(8-12)13-7-3-4-10(13)11(14)15/h3-4,7,9H,5-6,8H2,1-2H3,(H,14,15). The molecule has 0 amide bonds. The van der Waals surface area contributed by atoms with Crippen molar-refractivity contribution in [3.63, 3.8) is 0 Å². The number of rotatable bonds is 2. The van der Waals surface area contributed by atoms with E-state index in [-0.39, 0.29) is 0 Å². The molecule has 1 unspecified atom stereocenters. The van der Waals surface area contributed by atoms with E-state index in [1.54, 1.807) is 6.07 Å². The van der Waals surface area contributed by atoms with Crippen LogP contribution in [0.15, 0.2) is 18.3 Å². The molecular formula is C12H17NO2. The van der Waals surface area contributed by atoms with Gasteiger partial charge in [0.15, 0.2) is 0 Å². The molecule has 3 nitrogen and oxygen atoms in total. The van der Waals surface area contributed by atoms with Gasteiger partial charge >= 0.3 is 5.97 Å². The Kier molecular flexibility index (Phi) is 2.33. The van der Waals surface area contributed by atoms with E-state index >= 15 is 0 Å². The van der Waals surface area contributed by atoms with Crippen LogP contribution >= 0.6 is 0 Å². The van der Waals surface area contributed by atoms with Gasteiger partial charge in [0.1, 0.15) is 5.69 Å². The molecule has 1 atom stereocenters. The minimum Gasteiger partial charge on any atom is -0.477 e. The molecule has 0 spiro atoms. The zero-order valence-electron chi connectivity index (χ0n) is 9.23. The van der Waals surface area contributed by atoms with Gasteiger partial charge in [0.05, 0.1) is 0 Å². The maximum absolute atomic E-state index is 11.0. The van der Waals surface area contributed by atoms with Crippen LogP contribution in [-0.2, 0) is 0 Å². The summed E-state index contributed by atoms with van der Waals surface area (Å²) in [6.45, 7) is 4.49. The predicted octanol–water partition coefficient (Wildman–Crippen LogP) is 2.94. The first-order chi connectivity index (χ1) is 6.99. The molecule has 0 bridgehead atoms.